The maximum atomic E-state index is 4.26. The molecule has 1 rings (SSSR count). The minimum atomic E-state index is 0.429. The molecular formula is C11H20N4S2. The first kappa shape index (κ1) is 14.6. The van der Waals surface area contributed by atoms with Crippen LogP contribution in [0, 0.1) is 0 Å². The van der Waals surface area contributed by atoms with Gasteiger partial charge in [0, 0.05) is 13.1 Å². The standard InChI is InChI=1S/C11H20N4S2/c1-3-5-7-15(8-6-4-2)9-12-10(16)14-11(17)13-9/h3-8H2,1-2H3,(H2,12,13,14,16,17). The fourth-order valence-corrected chi connectivity index (χ4v) is 1.94. The van der Waals surface area contributed by atoms with E-state index in [9.17, 15) is 0 Å². The first-order chi connectivity index (χ1) is 8.17. The van der Waals surface area contributed by atoms with E-state index in [1.54, 1.807) is 0 Å². The fraction of sp³-hybridized carbons (Fsp3) is 0.727. The van der Waals surface area contributed by atoms with E-state index < -0.39 is 0 Å². The average molecular weight is 272 g/mol. The number of aromatic nitrogens is 3. The summed E-state index contributed by atoms with van der Waals surface area (Å²) in [5, 5.41) is 0.857. The van der Waals surface area contributed by atoms with Gasteiger partial charge in [-0.15, -0.1) is 25.3 Å². The summed E-state index contributed by atoms with van der Waals surface area (Å²) in [5.74, 6) is 0.692. The summed E-state index contributed by atoms with van der Waals surface area (Å²) in [5.41, 5.74) is 0. The molecule has 1 aromatic heterocycles. The van der Waals surface area contributed by atoms with Crippen molar-refractivity contribution in [2.24, 2.45) is 0 Å². The molecule has 6 heteroatoms. The molecular weight excluding hydrogens is 252 g/mol. The number of nitrogens with zero attached hydrogens (tertiary/aromatic N) is 4. The maximum absolute atomic E-state index is 4.26. The van der Waals surface area contributed by atoms with Crippen LogP contribution in [-0.4, -0.2) is 28.0 Å². The second kappa shape index (κ2) is 7.76. The highest BCUT2D eigenvalue weighted by atomic mass is 32.1. The molecule has 0 aliphatic rings. The van der Waals surface area contributed by atoms with Crippen molar-refractivity contribution < 1.29 is 0 Å². The Balaban J connectivity index is 2.78. The van der Waals surface area contributed by atoms with Crippen molar-refractivity contribution in [1.82, 2.24) is 15.0 Å². The highest BCUT2D eigenvalue weighted by Crippen LogP contribution is 2.13. The lowest BCUT2D eigenvalue weighted by Crippen LogP contribution is -2.28. The Labute approximate surface area is 114 Å². The van der Waals surface area contributed by atoms with E-state index in [-0.39, 0.29) is 0 Å². The van der Waals surface area contributed by atoms with E-state index in [0.29, 0.717) is 16.3 Å². The van der Waals surface area contributed by atoms with Crippen LogP contribution in [0.5, 0.6) is 0 Å². The van der Waals surface area contributed by atoms with Crippen molar-refractivity contribution in [1.29, 1.82) is 0 Å². The van der Waals surface area contributed by atoms with Crippen LogP contribution in [0.2, 0.25) is 0 Å². The third-order valence-electron chi connectivity index (χ3n) is 2.45. The van der Waals surface area contributed by atoms with E-state index in [1.807, 2.05) is 0 Å². The van der Waals surface area contributed by atoms with Gasteiger partial charge in [-0.25, -0.2) is 0 Å². The van der Waals surface area contributed by atoms with Gasteiger partial charge in [-0.2, -0.15) is 15.0 Å². The van der Waals surface area contributed by atoms with Crippen molar-refractivity contribution >= 4 is 31.2 Å². The number of hydrogen-bond donors (Lipinski definition) is 2. The van der Waals surface area contributed by atoms with Crippen molar-refractivity contribution in [3.63, 3.8) is 0 Å². The van der Waals surface area contributed by atoms with Gasteiger partial charge in [0.05, 0.1) is 0 Å². The van der Waals surface area contributed by atoms with Gasteiger partial charge >= 0.3 is 0 Å². The zero-order valence-corrected chi connectivity index (χ0v) is 12.2. The molecule has 0 radical (unpaired) electrons. The molecule has 0 amide bonds. The monoisotopic (exact) mass is 272 g/mol. The van der Waals surface area contributed by atoms with Crippen LogP contribution >= 0.6 is 25.3 Å². The van der Waals surface area contributed by atoms with Gasteiger partial charge in [-0.3, -0.25) is 0 Å². The van der Waals surface area contributed by atoms with Gasteiger partial charge in [-0.1, -0.05) is 26.7 Å². The second-order valence-corrected chi connectivity index (χ2v) is 4.73. The molecule has 0 saturated carbocycles. The van der Waals surface area contributed by atoms with Crippen LogP contribution in [0.1, 0.15) is 39.5 Å². The molecule has 0 atom stereocenters. The van der Waals surface area contributed by atoms with Gasteiger partial charge in [0.25, 0.3) is 0 Å². The second-order valence-electron chi connectivity index (χ2n) is 3.93. The molecule has 0 bridgehead atoms. The molecule has 0 N–H and O–H groups in total. The maximum Gasteiger partial charge on any atom is 0.230 e. The van der Waals surface area contributed by atoms with Crippen molar-refractivity contribution in [2.45, 2.75) is 49.8 Å². The van der Waals surface area contributed by atoms with Gasteiger partial charge in [-0.05, 0) is 12.8 Å². The van der Waals surface area contributed by atoms with Crippen LogP contribution < -0.4 is 4.90 Å². The third kappa shape index (κ3) is 5.12. The number of unbranched alkanes of at least 4 members (excludes halogenated alkanes) is 2. The van der Waals surface area contributed by atoms with Crippen LogP contribution in [0.4, 0.5) is 5.95 Å². The third-order valence-corrected chi connectivity index (χ3v) is 2.85. The zero-order chi connectivity index (χ0) is 12.7. The molecule has 0 saturated heterocycles. The summed E-state index contributed by atoms with van der Waals surface area (Å²) in [6.45, 7) is 6.31. The molecule has 1 aromatic rings. The lowest BCUT2D eigenvalue weighted by molar-refractivity contribution is 0.645. The molecule has 0 unspecified atom stereocenters. The van der Waals surface area contributed by atoms with Crippen LogP contribution in [0.3, 0.4) is 0 Å². The van der Waals surface area contributed by atoms with E-state index in [2.05, 4.69) is 59.0 Å². The molecule has 17 heavy (non-hydrogen) atoms. The Morgan fingerprint density at radius 2 is 1.35 bits per heavy atom. The van der Waals surface area contributed by atoms with Crippen LogP contribution in [-0.2, 0) is 0 Å². The number of anilines is 1. The number of hydrogen-bond acceptors (Lipinski definition) is 6. The summed E-state index contributed by atoms with van der Waals surface area (Å²) in [7, 11) is 0. The summed E-state index contributed by atoms with van der Waals surface area (Å²) < 4.78 is 0. The fourth-order valence-electron chi connectivity index (χ4n) is 1.49. The van der Waals surface area contributed by atoms with Gasteiger partial charge in [0.2, 0.25) is 5.95 Å². The highest BCUT2D eigenvalue weighted by Gasteiger charge is 2.10. The molecule has 96 valence electrons. The minimum absolute atomic E-state index is 0.429. The zero-order valence-electron chi connectivity index (χ0n) is 10.4. The highest BCUT2D eigenvalue weighted by molar-refractivity contribution is 7.80. The van der Waals surface area contributed by atoms with E-state index in [0.717, 1.165) is 38.8 Å². The first-order valence-electron chi connectivity index (χ1n) is 6.06. The molecule has 0 spiro atoms. The smallest absolute Gasteiger partial charge is 0.230 e. The molecule has 4 nitrogen and oxygen atoms in total. The topological polar surface area (TPSA) is 41.9 Å². The van der Waals surface area contributed by atoms with E-state index in [1.165, 1.54) is 0 Å². The molecule has 0 aromatic carbocycles. The predicted octanol–water partition coefficient (Wildman–Crippen LogP) is 2.86. The largest absolute Gasteiger partial charge is 0.341 e. The number of thiol groups is 2. The minimum Gasteiger partial charge on any atom is -0.341 e. The summed E-state index contributed by atoms with van der Waals surface area (Å²) in [6, 6.07) is 0. The van der Waals surface area contributed by atoms with Crippen LogP contribution in [0.15, 0.2) is 10.3 Å². The first-order valence-corrected chi connectivity index (χ1v) is 6.95. The van der Waals surface area contributed by atoms with Crippen LogP contribution in [0.25, 0.3) is 0 Å². The Kier molecular flexibility index (Phi) is 6.65. The van der Waals surface area contributed by atoms with Crippen molar-refractivity contribution in [2.75, 3.05) is 18.0 Å². The number of rotatable bonds is 7. The predicted molar refractivity (Wildman–Crippen MR) is 76.4 cm³/mol. The van der Waals surface area contributed by atoms with Gasteiger partial charge in [0.1, 0.15) is 0 Å². The average Bonchev–Trinajstić information content (AvgIpc) is 2.28. The Hall–Kier alpha value is -0.490. The van der Waals surface area contributed by atoms with E-state index in [4.69, 9.17) is 0 Å². The summed E-state index contributed by atoms with van der Waals surface area (Å²) >= 11 is 8.33. The quantitative estimate of drug-likeness (QED) is 0.749. The van der Waals surface area contributed by atoms with Crippen molar-refractivity contribution in [3.05, 3.63) is 0 Å². The Morgan fingerprint density at radius 1 is 0.882 bits per heavy atom. The molecule has 0 fully saturated rings. The summed E-state index contributed by atoms with van der Waals surface area (Å²) in [4.78, 5) is 14.7. The van der Waals surface area contributed by atoms with Gasteiger partial charge < -0.3 is 4.90 Å². The molecule has 1 heterocycles. The molecule has 0 aliphatic heterocycles. The van der Waals surface area contributed by atoms with E-state index >= 15 is 0 Å². The summed E-state index contributed by atoms with van der Waals surface area (Å²) in [6.07, 6.45) is 4.60. The Morgan fingerprint density at radius 3 is 1.76 bits per heavy atom. The Bertz CT molecular complexity index is 318. The normalized spacial score (nSPS) is 10.6. The lowest BCUT2D eigenvalue weighted by Gasteiger charge is -2.22. The SMILES string of the molecule is CCCCN(CCCC)c1nc(S)nc(S)n1. The lowest BCUT2D eigenvalue weighted by atomic mass is 10.3. The van der Waals surface area contributed by atoms with Crippen molar-refractivity contribution in [3.8, 4) is 0 Å². The van der Waals surface area contributed by atoms with Gasteiger partial charge in [0.15, 0.2) is 10.3 Å². The molecule has 0 aliphatic carbocycles.